The third kappa shape index (κ3) is 3.94. The van der Waals surface area contributed by atoms with Gasteiger partial charge in [-0.2, -0.15) is 5.10 Å². The van der Waals surface area contributed by atoms with Crippen LogP contribution in [0.5, 0.6) is 0 Å². The predicted octanol–water partition coefficient (Wildman–Crippen LogP) is 3.91. The second-order valence-corrected chi connectivity index (χ2v) is 7.50. The second-order valence-electron chi connectivity index (χ2n) is 7.50. The van der Waals surface area contributed by atoms with Crippen LogP contribution in [-0.4, -0.2) is 32.4 Å². The van der Waals surface area contributed by atoms with Gasteiger partial charge in [-0.15, -0.1) is 0 Å². The summed E-state index contributed by atoms with van der Waals surface area (Å²) in [6.07, 6.45) is 1.76. The van der Waals surface area contributed by atoms with Crippen molar-refractivity contribution in [2.45, 2.75) is 27.3 Å². The van der Waals surface area contributed by atoms with E-state index in [-0.39, 0.29) is 23.4 Å². The van der Waals surface area contributed by atoms with Crippen LogP contribution < -0.4 is 5.32 Å². The fourth-order valence-electron chi connectivity index (χ4n) is 3.37. The lowest BCUT2D eigenvalue weighted by molar-refractivity contribution is 0.0948. The van der Waals surface area contributed by atoms with Crippen molar-refractivity contribution >= 4 is 17.0 Å². The molecule has 154 valence electrons. The molecule has 0 saturated heterocycles. The summed E-state index contributed by atoms with van der Waals surface area (Å²) in [6, 6.07) is 9.55. The summed E-state index contributed by atoms with van der Waals surface area (Å²) < 4.78 is 20.6. The number of carbonyl (C=O) groups is 1. The minimum Gasteiger partial charge on any atom is -0.352 e. The van der Waals surface area contributed by atoms with Crippen LogP contribution >= 0.6 is 0 Å². The molecule has 8 heteroatoms. The zero-order valence-electron chi connectivity index (χ0n) is 17.0. The molecule has 0 spiro atoms. The number of carbonyl (C=O) groups excluding carboxylic acids is 1. The molecular weight excluding hydrogens is 385 g/mol. The Labute approximate surface area is 172 Å². The maximum absolute atomic E-state index is 13.3. The van der Waals surface area contributed by atoms with Crippen LogP contribution in [0.1, 0.15) is 28.7 Å². The number of amides is 1. The number of hydrogen-bond acceptors (Lipinski definition) is 5. The zero-order chi connectivity index (χ0) is 21.3. The van der Waals surface area contributed by atoms with Crippen LogP contribution in [-0.2, 0) is 6.54 Å². The van der Waals surface area contributed by atoms with Crippen molar-refractivity contribution in [1.29, 1.82) is 0 Å². The van der Waals surface area contributed by atoms with Gasteiger partial charge in [0.2, 0.25) is 0 Å². The van der Waals surface area contributed by atoms with E-state index in [9.17, 15) is 9.18 Å². The lowest BCUT2D eigenvalue weighted by atomic mass is 10.0. The summed E-state index contributed by atoms with van der Waals surface area (Å²) in [5.74, 6) is -0.397. The van der Waals surface area contributed by atoms with Crippen molar-refractivity contribution in [3.63, 3.8) is 0 Å². The van der Waals surface area contributed by atoms with E-state index in [0.717, 1.165) is 5.69 Å². The molecule has 0 aliphatic heterocycles. The summed E-state index contributed by atoms with van der Waals surface area (Å²) in [6.45, 7) is 7.03. The minimum atomic E-state index is -0.347. The number of fused-ring (bicyclic) bond motifs is 1. The number of aromatic nitrogens is 4. The Morgan fingerprint density at radius 2 is 2.00 bits per heavy atom. The molecule has 7 nitrogen and oxygen atoms in total. The molecule has 1 N–H and O–H groups in total. The normalized spacial score (nSPS) is 12.3. The van der Waals surface area contributed by atoms with Crippen molar-refractivity contribution in [2.75, 3.05) is 6.54 Å². The maximum atomic E-state index is 13.3. The topological polar surface area (TPSA) is 85.8 Å². The Hall–Kier alpha value is -3.55. The van der Waals surface area contributed by atoms with E-state index >= 15 is 0 Å². The maximum Gasteiger partial charge on any atom is 0.259 e. The van der Waals surface area contributed by atoms with Gasteiger partial charge in [0.15, 0.2) is 0 Å². The van der Waals surface area contributed by atoms with Crippen molar-refractivity contribution in [2.24, 2.45) is 5.92 Å². The van der Waals surface area contributed by atoms with E-state index in [0.29, 0.717) is 41.0 Å². The molecule has 4 rings (SSSR count). The third-order valence-corrected chi connectivity index (χ3v) is 4.96. The Kier molecular flexibility index (Phi) is 5.31. The SMILES string of the molecule is Cc1cc(C(=O)NC[C@@H](C)Cn2nccc2C)c2c(-c3ccc(F)cc3)noc2n1. The summed E-state index contributed by atoms with van der Waals surface area (Å²) in [5, 5.41) is 11.9. The first-order valence-electron chi connectivity index (χ1n) is 9.72. The number of rotatable bonds is 6. The number of pyridine rings is 1. The van der Waals surface area contributed by atoms with Crippen molar-refractivity contribution < 1.29 is 13.7 Å². The lowest BCUT2D eigenvalue weighted by Gasteiger charge is -2.14. The van der Waals surface area contributed by atoms with E-state index in [4.69, 9.17) is 4.52 Å². The van der Waals surface area contributed by atoms with Gasteiger partial charge in [-0.05, 0) is 56.2 Å². The number of aryl methyl sites for hydroxylation is 2. The van der Waals surface area contributed by atoms with E-state index < -0.39 is 0 Å². The van der Waals surface area contributed by atoms with Gasteiger partial charge in [0.05, 0.1) is 10.9 Å². The minimum absolute atomic E-state index is 0.185. The van der Waals surface area contributed by atoms with Crippen molar-refractivity contribution in [3.05, 3.63) is 65.4 Å². The molecule has 1 amide bonds. The quantitative estimate of drug-likeness (QED) is 0.524. The number of nitrogens with zero attached hydrogens (tertiary/aromatic N) is 4. The smallest absolute Gasteiger partial charge is 0.259 e. The average molecular weight is 407 g/mol. The van der Waals surface area contributed by atoms with Gasteiger partial charge < -0.3 is 9.84 Å². The van der Waals surface area contributed by atoms with E-state index in [1.807, 2.05) is 17.7 Å². The van der Waals surface area contributed by atoms with Crippen LogP contribution in [0.25, 0.3) is 22.4 Å². The molecule has 0 saturated carbocycles. The first kappa shape index (κ1) is 19.8. The number of nitrogens with one attached hydrogen (secondary N) is 1. The molecule has 30 heavy (non-hydrogen) atoms. The van der Waals surface area contributed by atoms with Gasteiger partial charge in [-0.25, -0.2) is 9.37 Å². The van der Waals surface area contributed by atoms with Gasteiger partial charge >= 0.3 is 0 Å². The molecule has 3 aromatic heterocycles. The molecule has 0 fully saturated rings. The third-order valence-electron chi connectivity index (χ3n) is 4.96. The number of benzene rings is 1. The van der Waals surface area contributed by atoms with E-state index in [1.165, 1.54) is 12.1 Å². The fourth-order valence-corrected chi connectivity index (χ4v) is 3.37. The van der Waals surface area contributed by atoms with Crippen molar-refractivity contribution in [3.8, 4) is 11.3 Å². The molecule has 0 unspecified atom stereocenters. The second kappa shape index (κ2) is 8.06. The van der Waals surface area contributed by atoms with Crippen LogP contribution in [0.4, 0.5) is 4.39 Å². The highest BCUT2D eigenvalue weighted by molar-refractivity contribution is 6.09. The van der Waals surface area contributed by atoms with E-state index in [1.54, 1.807) is 31.3 Å². The standard InChI is InChI=1S/C22H22FN5O2/c1-13(12-28-15(3)8-9-25-28)11-24-21(29)18-10-14(2)26-22-19(18)20(27-30-22)16-4-6-17(23)7-5-16/h4-10,13H,11-12H2,1-3H3,(H,24,29)/t13-/m1/s1. The molecular formula is C22H22FN5O2. The van der Waals surface area contributed by atoms with Gasteiger partial charge in [-0.1, -0.05) is 12.1 Å². The van der Waals surface area contributed by atoms with Gasteiger partial charge in [-0.3, -0.25) is 9.48 Å². The first-order chi connectivity index (χ1) is 14.4. The molecule has 0 bridgehead atoms. The summed E-state index contributed by atoms with van der Waals surface area (Å²) in [4.78, 5) is 17.4. The van der Waals surface area contributed by atoms with Crippen LogP contribution in [0.2, 0.25) is 0 Å². The molecule has 3 heterocycles. The lowest BCUT2D eigenvalue weighted by Crippen LogP contribution is -2.30. The molecule has 0 aliphatic rings. The van der Waals surface area contributed by atoms with Crippen LogP contribution in [0.3, 0.4) is 0 Å². The van der Waals surface area contributed by atoms with Gasteiger partial charge in [0.1, 0.15) is 11.5 Å². The Bertz CT molecular complexity index is 1200. The fraction of sp³-hybridized carbons (Fsp3) is 0.273. The zero-order valence-corrected chi connectivity index (χ0v) is 17.0. The molecule has 4 aromatic rings. The average Bonchev–Trinajstić information content (AvgIpc) is 3.32. The van der Waals surface area contributed by atoms with Gasteiger partial charge in [0, 0.05) is 36.2 Å². The predicted molar refractivity (Wildman–Crippen MR) is 110 cm³/mol. The molecule has 0 radical (unpaired) electrons. The Balaban J connectivity index is 1.59. The van der Waals surface area contributed by atoms with Crippen LogP contribution in [0.15, 0.2) is 47.1 Å². The Morgan fingerprint density at radius 3 is 2.70 bits per heavy atom. The Morgan fingerprint density at radius 1 is 1.23 bits per heavy atom. The summed E-state index contributed by atoms with van der Waals surface area (Å²) in [7, 11) is 0. The van der Waals surface area contributed by atoms with Crippen molar-refractivity contribution in [1.82, 2.24) is 25.2 Å². The first-order valence-corrected chi connectivity index (χ1v) is 9.72. The monoisotopic (exact) mass is 407 g/mol. The summed E-state index contributed by atoms with van der Waals surface area (Å²) >= 11 is 0. The number of hydrogen-bond donors (Lipinski definition) is 1. The van der Waals surface area contributed by atoms with Gasteiger partial charge in [0.25, 0.3) is 11.6 Å². The molecule has 1 atom stereocenters. The number of halogens is 1. The largest absolute Gasteiger partial charge is 0.352 e. The summed E-state index contributed by atoms with van der Waals surface area (Å²) in [5.41, 5.74) is 3.54. The highest BCUT2D eigenvalue weighted by Gasteiger charge is 2.21. The molecule has 0 aliphatic carbocycles. The molecule has 1 aromatic carbocycles. The van der Waals surface area contributed by atoms with Crippen LogP contribution in [0, 0.1) is 25.6 Å². The highest BCUT2D eigenvalue weighted by atomic mass is 19.1. The van der Waals surface area contributed by atoms with E-state index in [2.05, 4.69) is 27.5 Å². The highest BCUT2D eigenvalue weighted by Crippen LogP contribution is 2.30.